The molecule has 0 aromatic heterocycles. The molecule has 0 saturated carbocycles. The number of nitrogens with one attached hydrogen (secondary N) is 1. The van der Waals surface area contributed by atoms with Gasteiger partial charge in [-0.25, -0.2) is 4.79 Å². The van der Waals surface area contributed by atoms with Crippen LogP contribution in [0.15, 0.2) is 24.3 Å². The third-order valence-corrected chi connectivity index (χ3v) is 5.08. The van der Waals surface area contributed by atoms with Crippen LogP contribution in [-0.2, 0) is 4.74 Å². The van der Waals surface area contributed by atoms with Gasteiger partial charge < -0.3 is 19.7 Å². The summed E-state index contributed by atoms with van der Waals surface area (Å²) in [7, 11) is 0. The molecule has 0 bridgehead atoms. The Balaban J connectivity index is 1.61. The van der Waals surface area contributed by atoms with Crippen LogP contribution < -0.4 is 10.1 Å². The van der Waals surface area contributed by atoms with Crippen LogP contribution in [0.2, 0.25) is 0 Å². The molecule has 2 amide bonds. The molecule has 0 unspecified atom stereocenters. The Hall–Kier alpha value is -1.75. The Morgan fingerprint density at radius 2 is 1.57 bits per heavy atom. The van der Waals surface area contributed by atoms with Crippen LogP contribution in [0.3, 0.4) is 0 Å². The number of anilines is 1. The number of hydrogen-bond acceptors (Lipinski definition) is 3. The normalized spacial score (nSPS) is 19.5. The number of hydrogen-bond donors (Lipinski definition) is 1. The average molecular weight is 391 g/mol. The van der Waals surface area contributed by atoms with E-state index in [0.29, 0.717) is 13.1 Å². The van der Waals surface area contributed by atoms with Gasteiger partial charge in [0.15, 0.2) is 0 Å². The van der Waals surface area contributed by atoms with Gasteiger partial charge in [0.2, 0.25) is 0 Å². The number of nitrogens with zero attached hydrogens (tertiary/aromatic N) is 1. The number of carbonyl (C=O) groups is 1. The lowest BCUT2D eigenvalue weighted by molar-refractivity contribution is -0.0530. The van der Waals surface area contributed by atoms with Crippen molar-refractivity contribution >= 4 is 11.7 Å². The van der Waals surface area contributed by atoms with Crippen molar-refractivity contribution in [2.75, 3.05) is 25.0 Å². The highest BCUT2D eigenvalue weighted by Crippen LogP contribution is 2.18. The minimum Gasteiger partial charge on any atom is -0.494 e. The second-order valence-electron chi connectivity index (χ2n) is 7.94. The largest absolute Gasteiger partial charge is 0.494 e. The first kappa shape index (κ1) is 22.5. The summed E-state index contributed by atoms with van der Waals surface area (Å²) in [4.78, 5) is 14.2. The fraction of sp³-hybridized carbons (Fsp3) is 0.696. The van der Waals surface area contributed by atoms with Crippen molar-refractivity contribution < 1.29 is 14.3 Å². The molecule has 1 fully saturated rings. The van der Waals surface area contributed by atoms with Crippen molar-refractivity contribution in [1.29, 1.82) is 0 Å². The van der Waals surface area contributed by atoms with E-state index in [1.165, 1.54) is 44.9 Å². The van der Waals surface area contributed by atoms with E-state index in [1.54, 1.807) is 0 Å². The van der Waals surface area contributed by atoms with Crippen LogP contribution in [0.25, 0.3) is 0 Å². The molecule has 1 saturated heterocycles. The molecule has 5 heteroatoms. The summed E-state index contributed by atoms with van der Waals surface area (Å²) < 4.78 is 11.5. The minimum absolute atomic E-state index is 0.0709. The molecule has 1 aliphatic heterocycles. The zero-order valence-electron chi connectivity index (χ0n) is 17.9. The second-order valence-corrected chi connectivity index (χ2v) is 7.94. The highest BCUT2D eigenvalue weighted by Gasteiger charge is 2.25. The van der Waals surface area contributed by atoms with Crippen LogP contribution in [0.1, 0.15) is 72.1 Å². The van der Waals surface area contributed by atoms with Gasteiger partial charge in [0.25, 0.3) is 0 Å². The SMILES string of the molecule is CCCCCCCCCCOc1ccc(NC(=O)N2C[C@H](C)O[C@@H](C)C2)cc1. The molecule has 1 aromatic rings. The maximum atomic E-state index is 12.4. The molecule has 2 atom stereocenters. The number of carbonyl (C=O) groups excluding carboxylic acids is 1. The smallest absolute Gasteiger partial charge is 0.322 e. The fourth-order valence-electron chi connectivity index (χ4n) is 3.61. The lowest BCUT2D eigenvalue weighted by Gasteiger charge is -2.35. The van der Waals surface area contributed by atoms with Gasteiger partial charge in [0.1, 0.15) is 5.75 Å². The van der Waals surface area contributed by atoms with Gasteiger partial charge >= 0.3 is 6.03 Å². The Bertz CT molecular complexity index is 551. The van der Waals surface area contributed by atoms with Crippen LogP contribution in [0, 0.1) is 0 Å². The number of unbranched alkanes of at least 4 members (excludes halogenated alkanes) is 7. The minimum atomic E-state index is -0.0744. The lowest BCUT2D eigenvalue weighted by atomic mass is 10.1. The van der Waals surface area contributed by atoms with E-state index in [1.807, 2.05) is 43.0 Å². The van der Waals surface area contributed by atoms with Gasteiger partial charge in [-0.2, -0.15) is 0 Å². The van der Waals surface area contributed by atoms with Gasteiger partial charge in [0, 0.05) is 18.8 Å². The first-order valence-electron chi connectivity index (χ1n) is 11.0. The van der Waals surface area contributed by atoms with Crippen LogP contribution in [0.4, 0.5) is 10.5 Å². The summed E-state index contributed by atoms with van der Waals surface area (Å²) in [5, 5.41) is 2.96. The van der Waals surface area contributed by atoms with E-state index in [-0.39, 0.29) is 18.2 Å². The summed E-state index contributed by atoms with van der Waals surface area (Å²) >= 11 is 0. The number of urea groups is 1. The van der Waals surface area contributed by atoms with Gasteiger partial charge in [0.05, 0.1) is 18.8 Å². The van der Waals surface area contributed by atoms with E-state index >= 15 is 0 Å². The maximum absolute atomic E-state index is 12.4. The molecule has 0 radical (unpaired) electrons. The van der Waals surface area contributed by atoms with E-state index in [0.717, 1.165) is 24.5 Å². The predicted molar refractivity (Wildman–Crippen MR) is 115 cm³/mol. The summed E-state index contributed by atoms with van der Waals surface area (Å²) in [5.41, 5.74) is 0.788. The molecular weight excluding hydrogens is 352 g/mol. The third kappa shape index (κ3) is 8.51. The zero-order chi connectivity index (χ0) is 20.2. The van der Waals surface area contributed by atoms with Crippen LogP contribution in [0.5, 0.6) is 5.75 Å². The molecule has 158 valence electrons. The molecule has 28 heavy (non-hydrogen) atoms. The van der Waals surface area contributed by atoms with Crippen molar-refractivity contribution in [3.05, 3.63) is 24.3 Å². The summed E-state index contributed by atoms with van der Waals surface area (Å²) in [5.74, 6) is 0.856. The highest BCUT2D eigenvalue weighted by atomic mass is 16.5. The molecule has 1 N–H and O–H groups in total. The summed E-state index contributed by atoms with van der Waals surface area (Å²) in [6, 6.07) is 7.56. The van der Waals surface area contributed by atoms with Crippen molar-refractivity contribution in [3.63, 3.8) is 0 Å². The number of morpholine rings is 1. The predicted octanol–water partition coefficient (Wildman–Crippen LogP) is 5.85. The Morgan fingerprint density at radius 3 is 2.18 bits per heavy atom. The number of amides is 2. The fourth-order valence-corrected chi connectivity index (χ4v) is 3.61. The molecule has 0 spiro atoms. The number of rotatable bonds is 11. The van der Waals surface area contributed by atoms with Gasteiger partial charge in [-0.1, -0.05) is 51.9 Å². The maximum Gasteiger partial charge on any atom is 0.322 e. The van der Waals surface area contributed by atoms with E-state index < -0.39 is 0 Å². The Labute approximate surface area is 170 Å². The van der Waals surface area contributed by atoms with Gasteiger partial charge in [-0.3, -0.25) is 0 Å². The van der Waals surface area contributed by atoms with Crippen LogP contribution >= 0.6 is 0 Å². The topological polar surface area (TPSA) is 50.8 Å². The zero-order valence-corrected chi connectivity index (χ0v) is 17.9. The standard InChI is InChI=1S/C23H38N2O3/c1-4-5-6-7-8-9-10-11-16-27-22-14-12-21(13-15-22)24-23(26)25-17-19(2)28-20(3)18-25/h12-15,19-20H,4-11,16-18H2,1-3H3,(H,24,26)/t19-,20-/m0/s1. The van der Waals surface area contributed by atoms with Gasteiger partial charge in [-0.05, 0) is 44.5 Å². The Kier molecular flexibility index (Phi) is 10.2. The Morgan fingerprint density at radius 1 is 1.00 bits per heavy atom. The van der Waals surface area contributed by atoms with Crippen molar-refractivity contribution in [2.24, 2.45) is 0 Å². The lowest BCUT2D eigenvalue weighted by Crippen LogP contribution is -2.49. The molecule has 2 rings (SSSR count). The van der Waals surface area contributed by atoms with Crippen LogP contribution in [-0.4, -0.2) is 42.8 Å². The summed E-state index contributed by atoms with van der Waals surface area (Å²) in [6.07, 6.45) is 10.5. The first-order chi connectivity index (χ1) is 13.6. The van der Waals surface area contributed by atoms with E-state index in [2.05, 4.69) is 12.2 Å². The molecule has 1 aliphatic rings. The third-order valence-electron chi connectivity index (χ3n) is 5.08. The summed E-state index contributed by atoms with van der Waals surface area (Å²) in [6.45, 7) is 8.24. The molecular formula is C23H38N2O3. The monoisotopic (exact) mass is 390 g/mol. The second kappa shape index (κ2) is 12.7. The molecule has 1 aromatic carbocycles. The average Bonchev–Trinajstić information content (AvgIpc) is 2.67. The highest BCUT2D eigenvalue weighted by molar-refractivity contribution is 5.89. The number of ether oxygens (including phenoxy) is 2. The van der Waals surface area contributed by atoms with E-state index in [4.69, 9.17) is 9.47 Å². The van der Waals surface area contributed by atoms with Crippen molar-refractivity contribution in [2.45, 2.75) is 84.3 Å². The molecule has 5 nitrogen and oxygen atoms in total. The van der Waals surface area contributed by atoms with Crippen molar-refractivity contribution in [1.82, 2.24) is 4.90 Å². The molecule has 1 heterocycles. The number of benzene rings is 1. The molecule has 0 aliphatic carbocycles. The quantitative estimate of drug-likeness (QED) is 0.482. The first-order valence-corrected chi connectivity index (χ1v) is 11.0. The van der Waals surface area contributed by atoms with Crippen molar-refractivity contribution in [3.8, 4) is 5.75 Å². The van der Waals surface area contributed by atoms with Gasteiger partial charge in [-0.15, -0.1) is 0 Å². The van der Waals surface area contributed by atoms with E-state index in [9.17, 15) is 4.79 Å².